The van der Waals surface area contributed by atoms with Gasteiger partial charge in [0.15, 0.2) is 0 Å². The number of carbonyl (C=O) groups is 1. The molecule has 5 nitrogen and oxygen atoms in total. The monoisotopic (exact) mass is 313 g/mol. The first-order chi connectivity index (χ1) is 11.1. The topological polar surface area (TPSA) is 77.2 Å². The van der Waals surface area contributed by atoms with E-state index in [0.717, 1.165) is 18.5 Å². The number of hydrogen-bond acceptors (Lipinski definition) is 4. The Balaban J connectivity index is 2.16. The fourth-order valence-corrected chi connectivity index (χ4v) is 2.18. The minimum atomic E-state index is -0.537. The van der Waals surface area contributed by atoms with E-state index in [9.17, 15) is 4.79 Å². The van der Waals surface area contributed by atoms with Crippen molar-refractivity contribution in [2.45, 2.75) is 26.8 Å². The molecule has 0 aliphatic carbocycles. The minimum Gasteiger partial charge on any atom is -0.438 e. The minimum absolute atomic E-state index is 0.242. The van der Waals surface area contributed by atoms with Gasteiger partial charge < -0.3 is 15.8 Å². The van der Waals surface area contributed by atoms with Crippen molar-refractivity contribution in [1.29, 1.82) is 0 Å². The number of aromatic nitrogens is 1. The first kappa shape index (κ1) is 17.0. The molecule has 0 spiro atoms. The summed E-state index contributed by atoms with van der Waals surface area (Å²) in [5.74, 6) is 0.955. The number of carbonyl (C=O) groups excluding carboxylic acids is 1. The van der Waals surface area contributed by atoms with Crippen molar-refractivity contribution in [3.63, 3.8) is 0 Å². The molecule has 0 aliphatic rings. The summed E-state index contributed by atoms with van der Waals surface area (Å²) in [6.07, 6.45) is 2.70. The Kier molecular flexibility index (Phi) is 6.11. The average Bonchev–Trinajstić information content (AvgIpc) is 2.52. The molecule has 0 atom stereocenters. The summed E-state index contributed by atoms with van der Waals surface area (Å²) in [4.78, 5) is 16.0. The molecule has 1 aromatic carbocycles. The average molecular weight is 313 g/mol. The molecule has 23 heavy (non-hydrogen) atoms. The van der Waals surface area contributed by atoms with Crippen LogP contribution >= 0.6 is 0 Å². The third kappa shape index (κ3) is 5.07. The van der Waals surface area contributed by atoms with Crippen LogP contribution in [-0.4, -0.2) is 17.4 Å². The first-order valence-electron chi connectivity index (χ1n) is 7.79. The van der Waals surface area contributed by atoms with Gasteiger partial charge >= 0.3 is 0 Å². The number of nitrogens with one attached hydrogen (secondary N) is 1. The Morgan fingerprint density at radius 3 is 2.65 bits per heavy atom. The zero-order valence-corrected chi connectivity index (χ0v) is 13.6. The number of nitrogens with two attached hydrogens (primary N) is 1. The molecule has 3 N–H and O–H groups in total. The number of nitrogens with zero attached hydrogens (tertiary/aromatic N) is 1. The van der Waals surface area contributed by atoms with Crippen molar-refractivity contribution in [3.8, 4) is 11.6 Å². The van der Waals surface area contributed by atoms with Crippen LogP contribution in [-0.2, 0) is 6.54 Å². The normalized spacial score (nSPS) is 10.7. The summed E-state index contributed by atoms with van der Waals surface area (Å²) in [7, 11) is 0. The summed E-state index contributed by atoms with van der Waals surface area (Å²) < 4.78 is 5.72. The number of benzene rings is 1. The Bertz CT molecular complexity index is 642. The molecular formula is C18H23N3O2. The predicted octanol–water partition coefficient (Wildman–Crippen LogP) is 3.11. The van der Waals surface area contributed by atoms with E-state index in [1.165, 1.54) is 0 Å². The molecule has 1 amide bonds. The van der Waals surface area contributed by atoms with Crippen LogP contribution in [0.2, 0.25) is 0 Å². The molecule has 0 saturated carbocycles. The smallest absolute Gasteiger partial charge is 0.254 e. The lowest BCUT2D eigenvalue weighted by atomic mass is 10.1. The van der Waals surface area contributed by atoms with Gasteiger partial charge in [-0.2, -0.15) is 0 Å². The highest BCUT2D eigenvalue weighted by atomic mass is 16.5. The first-order valence-corrected chi connectivity index (χ1v) is 7.79. The third-order valence-corrected chi connectivity index (χ3v) is 3.42. The molecule has 2 rings (SSSR count). The van der Waals surface area contributed by atoms with Crippen LogP contribution in [0, 0.1) is 5.92 Å². The highest BCUT2D eigenvalue weighted by Gasteiger charge is 2.17. The van der Waals surface area contributed by atoms with Gasteiger partial charge in [0.2, 0.25) is 5.88 Å². The second kappa shape index (κ2) is 8.29. The number of hydrogen-bond donors (Lipinski definition) is 2. The van der Waals surface area contributed by atoms with E-state index < -0.39 is 5.91 Å². The molecule has 0 fully saturated rings. The SMILES string of the molecule is CC(C)CCNCc1ccnc(Oc2ccccc2)c1C(N)=O. The van der Waals surface area contributed by atoms with Crippen molar-refractivity contribution in [1.82, 2.24) is 10.3 Å². The summed E-state index contributed by atoms with van der Waals surface area (Å²) in [5, 5.41) is 3.33. The van der Waals surface area contributed by atoms with Crippen LogP contribution in [0.5, 0.6) is 11.6 Å². The fourth-order valence-electron chi connectivity index (χ4n) is 2.18. The highest BCUT2D eigenvalue weighted by molar-refractivity contribution is 5.96. The molecule has 1 heterocycles. The number of para-hydroxylation sites is 1. The van der Waals surface area contributed by atoms with Crippen molar-refractivity contribution in [2.24, 2.45) is 11.7 Å². The van der Waals surface area contributed by atoms with E-state index >= 15 is 0 Å². The van der Waals surface area contributed by atoms with Gasteiger partial charge in [0, 0.05) is 12.7 Å². The molecule has 0 saturated heterocycles. The standard InChI is InChI=1S/C18H23N3O2/c1-13(2)8-10-20-12-14-9-11-21-18(16(14)17(19)22)23-15-6-4-3-5-7-15/h3-7,9,11,13,20H,8,10,12H2,1-2H3,(H2,19,22). The Morgan fingerprint density at radius 1 is 1.26 bits per heavy atom. The maximum atomic E-state index is 11.8. The van der Waals surface area contributed by atoms with Crippen molar-refractivity contribution >= 4 is 5.91 Å². The highest BCUT2D eigenvalue weighted by Crippen LogP contribution is 2.25. The molecular weight excluding hydrogens is 290 g/mol. The summed E-state index contributed by atoms with van der Waals surface area (Å²) in [6.45, 7) is 5.79. The second-order valence-corrected chi connectivity index (χ2v) is 5.79. The molecule has 1 aromatic heterocycles. The van der Waals surface area contributed by atoms with Crippen LogP contribution in [0.25, 0.3) is 0 Å². The van der Waals surface area contributed by atoms with Gasteiger partial charge in [-0.3, -0.25) is 4.79 Å². The van der Waals surface area contributed by atoms with Crippen LogP contribution in [0.15, 0.2) is 42.6 Å². The maximum absolute atomic E-state index is 11.8. The van der Waals surface area contributed by atoms with E-state index in [4.69, 9.17) is 10.5 Å². The number of primary amides is 1. The second-order valence-electron chi connectivity index (χ2n) is 5.79. The number of pyridine rings is 1. The lowest BCUT2D eigenvalue weighted by molar-refractivity contribution is 0.0996. The largest absolute Gasteiger partial charge is 0.438 e. The van der Waals surface area contributed by atoms with Gasteiger partial charge in [-0.25, -0.2) is 4.98 Å². The lowest BCUT2D eigenvalue weighted by Crippen LogP contribution is -2.21. The number of amides is 1. The fraction of sp³-hybridized carbons (Fsp3) is 0.333. The Labute approximate surface area is 136 Å². The van der Waals surface area contributed by atoms with Crippen LogP contribution < -0.4 is 15.8 Å². The third-order valence-electron chi connectivity index (χ3n) is 3.42. The summed E-state index contributed by atoms with van der Waals surface area (Å²) in [5.41, 5.74) is 6.66. The van der Waals surface area contributed by atoms with Crippen LogP contribution in [0.4, 0.5) is 0 Å². The molecule has 122 valence electrons. The molecule has 0 radical (unpaired) electrons. The van der Waals surface area contributed by atoms with Crippen LogP contribution in [0.1, 0.15) is 36.2 Å². The summed E-state index contributed by atoms with van der Waals surface area (Å²) >= 11 is 0. The van der Waals surface area contributed by atoms with E-state index in [-0.39, 0.29) is 5.88 Å². The number of ether oxygens (including phenoxy) is 1. The molecule has 0 unspecified atom stereocenters. The van der Waals surface area contributed by atoms with E-state index in [2.05, 4.69) is 24.1 Å². The lowest BCUT2D eigenvalue weighted by Gasteiger charge is -2.13. The van der Waals surface area contributed by atoms with Gasteiger partial charge in [-0.05, 0) is 42.6 Å². The van der Waals surface area contributed by atoms with Crippen molar-refractivity contribution < 1.29 is 9.53 Å². The quantitative estimate of drug-likeness (QED) is 0.734. The van der Waals surface area contributed by atoms with Gasteiger partial charge in [-0.1, -0.05) is 32.0 Å². The number of rotatable bonds is 8. The van der Waals surface area contributed by atoms with Crippen molar-refractivity contribution in [2.75, 3.05) is 6.54 Å². The van der Waals surface area contributed by atoms with Crippen LogP contribution in [0.3, 0.4) is 0 Å². The molecule has 2 aromatic rings. The van der Waals surface area contributed by atoms with E-state index in [0.29, 0.717) is 23.8 Å². The predicted molar refractivity (Wildman–Crippen MR) is 90.4 cm³/mol. The van der Waals surface area contributed by atoms with Gasteiger partial charge in [-0.15, -0.1) is 0 Å². The van der Waals surface area contributed by atoms with Gasteiger partial charge in [0.05, 0.1) is 0 Å². The zero-order chi connectivity index (χ0) is 16.7. The summed E-state index contributed by atoms with van der Waals surface area (Å²) in [6, 6.07) is 11.0. The zero-order valence-electron chi connectivity index (χ0n) is 13.6. The van der Waals surface area contributed by atoms with Gasteiger partial charge in [0.25, 0.3) is 5.91 Å². The Hall–Kier alpha value is -2.40. The van der Waals surface area contributed by atoms with E-state index in [1.807, 2.05) is 18.2 Å². The molecule has 0 aliphatic heterocycles. The van der Waals surface area contributed by atoms with Crippen molar-refractivity contribution in [3.05, 3.63) is 53.7 Å². The maximum Gasteiger partial charge on any atom is 0.254 e. The molecule has 5 heteroatoms. The Morgan fingerprint density at radius 2 is 2.00 bits per heavy atom. The van der Waals surface area contributed by atoms with Gasteiger partial charge in [0.1, 0.15) is 11.3 Å². The molecule has 0 bridgehead atoms. The van der Waals surface area contributed by atoms with E-state index in [1.54, 1.807) is 24.4 Å².